The molecule has 2 amide bonds. The molecule has 0 radical (unpaired) electrons. The fourth-order valence-corrected chi connectivity index (χ4v) is 2.49. The fourth-order valence-electron chi connectivity index (χ4n) is 2.49. The number of hydrogen-bond acceptors (Lipinski definition) is 3. The number of aliphatic carboxylic acids is 1. The number of carbonyl (C=O) groups is 2. The largest absolute Gasteiger partial charge is 0.481 e. The molecule has 1 aliphatic rings. The summed E-state index contributed by atoms with van der Waals surface area (Å²) in [6.07, 6.45) is 1.67. The number of aromatic nitrogens is 1. The number of halogens is 1. The van der Waals surface area contributed by atoms with Crippen molar-refractivity contribution in [1.29, 1.82) is 0 Å². The topological polar surface area (TPSA) is 82.5 Å². The summed E-state index contributed by atoms with van der Waals surface area (Å²) in [4.78, 5) is 28.5. The van der Waals surface area contributed by atoms with Gasteiger partial charge in [-0.1, -0.05) is 6.92 Å². The quantitative estimate of drug-likeness (QED) is 0.884. The Bertz CT molecular complexity index is 521. The second-order valence-electron chi connectivity index (χ2n) is 5.41. The average molecular weight is 295 g/mol. The number of nitrogens with one attached hydrogen (secondary N) is 1. The first kappa shape index (κ1) is 15.2. The minimum absolute atomic E-state index is 0.148. The zero-order chi connectivity index (χ0) is 15.4. The molecule has 0 aliphatic carbocycles. The van der Waals surface area contributed by atoms with Gasteiger partial charge in [-0.05, 0) is 24.5 Å². The van der Waals surface area contributed by atoms with Gasteiger partial charge in [0, 0.05) is 13.1 Å². The van der Waals surface area contributed by atoms with Crippen molar-refractivity contribution in [2.45, 2.75) is 19.9 Å². The van der Waals surface area contributed by atoms with E-state index in [1.54, 1.807) is 0 Å². The number of nitrogens with zero attached hydrogens (tertiary/aromatic N) is 2. The molecule has 1 fully saturated rings. The van der Waals surface area contributed by atoms with Crippen LogP contribution in [0.3, 0.4) is 0 Å². The lowest BCUT2D eigenvalue weighted by molar-refractivity contribution is -0.143. The molecule has 1 aliphatic heterocycles. The average Bonchev–Trinajstić information content (AvgIpc) is 2.45. The summed E-state index contributed by atoms with van der Waals surface area (Å²) in [7, 11) is 0. The molecule has 1 aromatic heterocycles. The molecule has 21 heavy (non-hydrogen) atoms. The first-order chi connectivity index (χ1) is 9.95. The van der Waals surface area contributed by atoms with Crippen LogP contribution in [-0.2, 0) is 11.3 Å². The third-order valence-corrected chi connectivity index (χ3v) is 3.51. The lowest BCUT2D eigenvalue weighted by atomic mass is 9.91. The number of pyridine rings is 1. The molecule has 2 unspecified atom stereocenters. The molecule has 114 valence electrons. The van der Waals surface area contributed by atoms with Gasteiger partial charge < -0.3 is 15.3 Å². The molecule has 2 atom stereocenters. The lowest BCUT2D eigenvalue weighted by Crippen LogP contribution is -2.49. The first-order valence-electron chi connectivity index (χ1n) is 6.81. The van der Waals surface area contributed by atoms with Crippen molar-refractivity contribution >= 4 is 12.0 Å². The van der Waals surface area contributed by atoms with Crippen molar-refractivity contribution in [1.82, 2.24) is 15.2 Å². The van der Waals surface area contributed by atoms with E-state index in [0.29, 0.717) is 18.7 Å². The molecule has 0 bridgehead atoms. The number of carboxylic acids is 1. The van der Waals surface area contributed by atoms with Crippen LogP contribution in [0.15, 0.2) is 18.3 Å². The van der Waals surface area contributed by atoms with Crippen molar-refractivity contribution in [3.05, 3.63) is 29.8 Å². The number of piperidine rings is 1. The van der Waals surface area contributed by atoms with E-state index in [0.717, 1.165) is 6.20 Å². The van der Waals surface area contributed by atoms with E-state index in [9.17, 15) is 14.0 Å². The Morgan fingerprint density at radius 2 is 2.24 bits per heavy atom. The maximum Gasteiger partial charge on any atom is 0.317 e. The maximum absolute atomic E-state index is 12.7. The Hall–Kier alpha value is -2.18. The van der Waals surface area contributed by atoms with Gasteiger partial charge in [-0.2, -0.15) is 0 Å². The molecule has 2 heterocycles. The molecule has 0 aromatic carbocycles. The second-order valence-corrected chi connectivity index (χ2v) is 5.41. The third-order valence-electron chi connectivity index (χ3n) is 3.51. The van der Waals surface area contributed by atoms with E-state index >= 15 is 0 Å². The minimum Gasteiger partial charge on any atom is -0.481 e. The zero-order valence-electron chi connectivity index (χ0n) is 11.8. The SMILES string of the molecule is CC1CC(C(=O)O)CN(C(=O)NCc2ccc(F)cn2)C1. The summed E-state index contributed by atoms with van der Waals surface area (Å²) in [5.41, 5.74) is 0.546. The highest BCUT2D eigenvalue weighted by Gasteiger charge is 2.31. The van der Waals surface area contributed by atoms with Gasteiger partial charge in [0.1, 0.15) is 5.82 Å². The van der Waals surface area contributed by atoms with E-state index in [-0.39, 0.29) is 25.0 Å². The Labute approximate surface area is 122 Å². The Balaban J connectivity index is 1.90. The molecule has 6 nitrogen and oxygen atoms in total. The van der Waals surface area contributed by atoms with Crippen molar-refractivity contribution in [2.75, 3.05) is 13.1 Å². The van der Waals surface area contributed by atoms with E-state index < -0.39 is 17.7 Å². The maximum atomic E-state index is 12.7. The molecule has 2 rings (SSSR count). The van der Waals surface area contributed by atoms with Crippen LogP contribution >= 0.6 is 0 Å². The molecule has 1 saturated heterocycles. The smallest absolute Gasteiger partial charge is 0.317 e. The van der Waals surface area contributed by atoms with Crippen LogP contribution in [0.4, 0.5) is 9.18 Å². The molecule has 7 heteroatoms. The van der Waals surface area contributed by atoms with Crippen LogP contribution in [0.1, 0.15) is 19.0 Å². The lowest BCUT2D eigenvalue weighted by Gasteiger charge is -2.34. The minimum atomic E-state index is -0.875. The van der Waals surface area contributed by atoms with E-state index in [2.05, 4.69) is 10.3 Å². The Kier molecular flexibility index (Phi) is 4.72. The van der Waals surface area contributed by atoms with Gasteiger partial charge in [-0.3, -0.25) is 9.78 Å². The predicted molar refractivity (Wildman–Crippen MR) is 72.9 cm³/mol. The molecule has 0 saturated carbocycles. The van der Waals surface area contributed by atoms with Crippen LogP contribution in [0, 0.1) is 17.7 Å². The molecule has 0 spiro atoms. The number of carboxylic acid groups (broad SMARTS) is 1. The molecular weight excluding hydrogens is 277 g/mol. The normalized spacial score (nSPS) is 21.9. The summed E-state index contributed by atoms with van der Waals surface area (Å²) in [5, 5.41) is 11.8. The van der Waals surface area contributed by atoms with Crippen molar-refractivity contribution < 1.29 is 19.1 Å². The van der Waals surface area contributed by atoms with Crippen molar-refractivity contribution in [2.24, 2.45) is 11.8 Å². The highest BCUT2D eigenvalue weighted by molar-refractivity contribution is 5.76. The summed E-state index contributed by atoms with van der Waals surface area (Å²) in [6.45, 7) is 2.85. The number of amides is 2. The van der Waals surface area contributed by atoms with Gasteiger partial charge in [-0.15, -0.1) is 0 Å². The predicted octanol–water partition coefficient (Wildman–Crippen LogP) is 1.47. The third kappa shape index (κ3) is 4.14. The van der Waals surface area contributed by atoms with Gasteiger partial charge in [-0.25, -0.2) is 9.18 Å². The summed E-state index contributed by atoms with van der Waals surface area (Å²) in [6, 6.07) is 2.45. The molecule has 2 N–H and O–H groups in total. The number of rotatable bonds is 3. The highest BCUT2D eigenvalue weighted by Crippen LogP contribution is 2.21. The van der Waals surface area contributed by atoms with Crippen molar-refractivity contribution in [3.63, 3.8) is 0 Å². The summed E-state index contributed by atoms with van der Waals surface area (Å²) in [5.74, 6) is -1.68. The number of hydrogen-bond donors (Lipinski definition) is 2. The number of likely N-dealkylation sites (tertiary alicyclic amines) is 1. The van der Waals surface area contributed by atoms with Gasteiger partial charge in [0.05, 0.1) is 24.4 Å². The molecular formula is C14H18FN3O3. The van der Waals surface area contributed by atoms with Crippen LogP contribution in [0.25, 0.3) is 0 Å². The monoisotopic (exact) mass is 295 g/mol. The van der Waals surface area contributed by atoms with Gasteiger partial charge in [0.15, 0.2) is 0 Å². The van der Waals surface area contributed by atoms with Crippen molar-refractivity contribution in [3.8, 4) is 0 Å². The number of carbonyl (C=O) groups excluding carboxylic acids is 1. The highest BCUT2D eigenvalue weighted by atomic mass is 19.1. The van der Waals surface area contributed by atoms with Crippen LogP contribution < -0.4 is 5.32 Å². The van der Waals surface area contributed by atoms with Crippen LogP contribution in [0.5, 0.6) is 0 Å². The molecule has 1 aromatic rings. The Morgan fingerprint density at radius 3 is 2.86 bits per heavy atom. The van der Waals surface area contributed by atoms with E-state index in [1.807, 2.05) is 6.92 Å². The van der Waals surface area contributed by atoms with E-state index in [1.165, 1.54) is 17.0 Å². The second kappa shape index (κ2) is 6.51. The van der Waals surface area contributed by atoms with Gasteiger partial charge in [0.25, 0.3) is 0 Å². The summed E-state index contributed by atoms with van der Waals surface area (Å²) < 4.78 is 12.7. The van der Waals surface area contributed by atoms with Crippen LogP contribution in [-0.4, -0.2) is 40.1 Å². The van der Waals surface area contributed by atoms with Gasteiger partial charge >= 0.3 is 12.0 Å². The summed E-state index contributed by atoms with van der Waals surface area (Å²) >= 11 is 0. The number of urea groups is 1. The van der Waals surface area contributed by atoms with Gasteiger partial charge in [0.2, 0.25) is 0 Å². The Morgan fingerprint density at radius 1 is 1.48 bits per heavy atom. The zero-order valence-corrected chi connectivity index (χ0v) is 11.8. The standard InChI is InChI=1S/C14H18FN3O3/c1-9-4-10(13(19)20)8-18(7-9)14(21)17-6-12-3-2-11(15)5-16-12/h2-3,5,9-10H,4,6-8H2,1H3,(H,17,21)(H,19,20). The van der Waals surface area contributed by atoms with Crippen LogP contribution in [0.2, 0.25) is 0 Å². The first-order valence-corrected chi connectivity index (χ1v) is 6.81. The van der Waals surface area contributed by atoms with E-state index in [4.69, 9.17) is 5.11 Å². The fraction of sp³-hybridized carbons (Fsp3) is 0.500.